The first-order valence-corrected chi connectivity index (χ1v) is 5.04. The fourth-order valence-electron chi connectivity index (χ4n) is 1.38. The van der Waals surface area contributed by atoms with Crippen molar-refractivity contribution in [1.29, 1.82) is 0 Å². The second kappa shape index (κ2) is 5.35. The smallest absolute Gasteiger partial charge is 0.303 e. The van der Waals surface area contributed by atoms with Crippen LogP contribution in [0.5, 0.6) is 0 Å². The number of aliphatic carboxylic acids is 1. The van der Waals surface area contributed by atoms with E-state index in [0.717, 1.165) is 11.1 Å². The molecule has 15 heavy (non-hydrogen) atoms. The van der Waals surface area contributed by atoms with Crippen molar-refractivity contribution in [2.45, 2.75) is 20.3 Å². The van der Waals surface area contributed by atoms with E-state index in [9.17, 15) is 4.79 Å². The second-order valence-electron chi connectivity index (χ2n) is 3.80. The van der Waals surface area contributed by atoms with Crippen molar-refractivity contribution in [3.63, 3.8) is 0 Å². The van der Waals surface area contributed by atoms with Crippen LogP contribution in [-0.2, 0) is 4.79 Å². The maximum atomic E-state index is 10.5. The maximum absolute atomic E-state index is 10.5. The molecule has 0 bridgehead atoms. The summed E-state index contributed by atoms with van der Waals surface area (Å²) >= 11 is 0. The van der Waals surface area contributed by atoms with Crippen molar-refractivity contribution in [2.24, 2.45) is 5.92 Å². The highest BCUT2D eigenvalue weighted by Crippen LogP contribution is 2.17. The minimum Gasteiger partial charge on any atom is -0.481 e. The molecule has 1 unspecified atom stereocenters. The fourth-order valence-corrected chi connectivity index (χ4v) is 1.38. The number of carboxylic acids is 1. The van der Waals surface area contributed by atoms with Gasteiger partial charge in [-0.05, 0) is 18.4 Å². The van der Waals surface area contributed by atoms with Gasteiger partial charge < -0.3 is 5.11 Å². The van der Waals surface area contributed by atoms with Gasteiger partial charge in [-0.15, -0.1) is 0 Å². The van der Waals surface area contributed by atoms with E-state index < -0.39 is 5.97 Å². The molecule has 2 nitrogen and oxygen atoms in total. The lowest BCUT2D eigenvalue weighted by atomic mass is 9.97. The molecule has 0 saturated carbocycles. The summed E-state index contributed by atoms with van der Waals surface area (Å²) in [6.45, 7) is 3.91. The molecule has 0 fully saturated rings. The van der Waals surface area contributed by atoms with Gasteiger partial charge >= 0.3 is 5.97 Å². The van der Waals surface area contributed by atoms with E-state index in [0.29, 0.717) is 0 Å². The van der Waals surface area contributed by atoms with E-state index in [4.69, 9.17) is 5.11 Å². The van der Waals surface area contributed by atoms with E-state index in [2.05, 4.69) is 0 Å². The Labute approximate surface area is 90.3 Å². The zero-order chi connectivity index (χ0) is 11.3. The van der Waals surface area contributed by atoms with Gasteiger partial charge in [-0.2, -0.15) is 0 Å². The lowest BCUT2D eigenvalue weighted by Crippen LogP contribution is -2.04. The molecule has 1 N–H and O–H groups in total. The molecule has 0 aliphatic heterocycles. The Morgan fingerprint density at radius 3 is 2.53 bits per heavy atom. The molecular formula is C13H16O2. The number of allylic oxidation sites excluding steroid dienone is 1. The van der Waals surface area contributed by atoms with Crippen molar-refractivity contribution in [1.82, 2.24) is 0 Å². The molecule has 0 radical (unpaired) electrons. The number of carbonyl (C=O) groups is 1. The summed E-state index contributed by atoms with van der Waals surface area (Å²) in [5.74, 6) is -0.661. The summed E-state index contributed by atoms with van der Waals surface area (Å²) < 4.78 is 0. The quantitative estimate of drug-likeness (QED) is 0.817. The number of hydrogen-bond donors (Lipinski definition) is 1. The fraction of sp³-hybridized carbons (Fsp3) is 0.308. The van der Waals surface area contributed by atoms with Crippen LogP contribution in [0.2, 0.25) is 0 Å². The minimum atomic E-state index is -0.747. The van der Waals surface area contributed by atoms with Gasteiger partial charge in [0.2, 0.25) is 0 Å². The Kier molecular flexibility index (Phi) is 4.10. The van der Waals surface area contributed by atoms with Crippen molar-refractivity contribution < 1.29 is 9.90 Å². The minimum absolute atomic E-state index is 0.0858. The first-order valence-electron chi connectivity index (χ1n) is 5.04. The number of hydrogen-bond acceptors (Lipinski definition) is 1. The molecule has 0 aliphatic carbocycles. The highest BCUT2D eigenvalue weighted by atomic mass is 16.4. The van der Waals surface area contributed by atoms with Gasteiger partial charge in [0.15, 0.2) is 0 Å². The van der Waals surface area contributed by atoms with Crippen LogP contribution in [0.1, 0.15) is 25.8 Å². The SMILES string of the molecule is C/C(=C\c1ccccc1)C(C)CC(=O)O. The molecule has 1 aromatic rings. The van der Waals surface area contributed by atoms with Gasteiger partial charge in [-0.3, -0.25) is 4.79 Å². The van der Waals surface area contributed by atoms with E-state index in [1.807, 2.05) is 50.3 Å². The van der Waals surface area contributed by atoms with Gasteiger partial charge in [0, 0.05) is 0 Å². The zero-order valence-electron chi connectivity index (χ0n) is 9.10. The van der Waals surface area contributed by atoms with Gasteiger partial charge in [-0.25, -0.2) is 0 Å². The predicted molar refractivity (Wildman–Crippen MR) is 61.5 cm³/mol. The standard InChI is InChI=1S/C13H16O2/c1-10(11(2)9-13(14)15)8-12-6-4-3-5-7-12/h3-8,11H,9H2,1-2H3,(H,14,15)/b10-8+. The normalized spacial score (nSPS) is 13.6. The van der Waals surface area contributed by atoms with Crippen LogP contribution >= 0.6 is 0 Å². The summed E-state index contributed by atoms with van der Waals surface area (Å²) in [6.07, 6.45) is 2.22. The molecule has 1 rings (SSSR count). The highest BCUT2D eigenvalue weighted by Gasteiger charge is 2.08. The molecule has 0 spiro atoms. The van der Waals surface area contributed by atoms with Crippen molar-refractivity contribution in [2.75, 3.05) is 0 Å². The largest absolute Gasteiger partial charge is 0.481 e. The van der Waals surface area contributed by atoms with Crippen LogP contribution in [0, 0.1) is 5.92 Å². The molecule has 0 aliphatic rings. The van der Waals surface area contributed by atoms with Gasteiger partial charge in [0.1, 0.15) is 0 Å². The van der Waals surface area contributed by atoms with E-state index in [1.165, 1.54) is 0 Å². The van der Waals surface area contributed by atoms with Crippen LogP contribution in [0.15, 0.2) is 35.9 Å². The molecule has 80 valence electrons. The molecule has 2 heteroatoms. The van der Waals surface area contributed by atoms with Gasteiger partial charge in [-0.1, -0.05) is 48.9 Å². The van der Waals surface area contributed by atoms with Crippen LogP contribution in [-0.4, -0.2) is 11.1 Å². The topological polar surface area (TPSA) is 37.3 Å². The van der Waals surface area contributed by atoms with Crippen LogP contribution in [0.4, 0.5) is 0 Å². The molecule has 1 atom stereocenters. The summed E-state index contributed by atoms with van der Waals surface area (Å²) in [4.78, 5) is 10.5. The van der Waals surface area contributed by atoms with Crippen molar-refractivity contribution >= 4 is 12.0 Å². The van der Waals surface area contributed by atoms with E-state index in [1.54, 1.807) is 0 Å². The van der Waals surface area contributed by atoms with E-state index >= 15 is 0 Å². The summed E-state index contributed by atoms with van der Waals surface area (Å²) in [5, 5.41) is 8.67. The monoisotopic (exact) mass is 204 g/mol. The van der Waals surface area contributed by atoms with Gasteiger partial charge in [0.25, 0.3) is 0 Å². The third-order valence-electron chi connectivity index (χ3n) is 2.45. The number of rotatable bonds is 4. The molecule has 0 amide bonds. The van der Waals surface area contributed by atoms with Crippen LogP contribution in [0.25, 0.3) is 6.08 Å². The zero-order valence-corrected chi connectivity index (χ0v) is 9.10. The molecular weight excluding hydrogens is 188 g/mol. The second-order valence-corrected chi connectivity index (χ2v) is 3.80. The number of benzene rings is 1. The Bertz CT molecular complexity index is 352. The Hall–Kier alpha value is -1.57. The Balaban J connectivity index is 2.71. The summed E-state index contributed by atoms with van der Waals surface area (Å²) in [5.41, 5.74) is 2.22. The number of carboxylic acid groups (broad SMARTS) is 1. The lowest BCUT2D eigenvalue weighted by molar-refractivity contribution is -0.137. The molecule has 0 aromatic heterocycles. The van der Waals surface area contributed by atoms with Crippen LogP contribution in [0.3, 0.4) is 0 Å². The Morgan fingerprint density at radius 1 is 1.40 bits per heavy atom. The predicted octanol–water partition coefficient (Wildman–Crippen LogP) is 3.20. The van der Waals surface area contributed by atoms with Crippen molar-refractivity contribution in [3.8, 4) is 0 Å². The highest BCUT2D eigenvalue weighted by molar-refractivity contribution is 5.68. The lowest BCUT2D eigenvalue weighted by Gasteiger charge is -2.09. The first kappa shape index (κ1) is 11.5. The van der Waals surface area contributed by atoms with Gasteiger partial charge in [0.05, 0.1) is 6.42 Å². The maximum Gasteiger partial charge on any atom is 0.303 e. The van der Waals surface area contributed by atoms with Crippen LogP contribution < -0.4 is 0 Å². The third-order valence-corrected chi connectivity index (χ3v) is 2.45. The van der Waals surface area contributed by atoms with Crippen molar-refractivity contribution in [3.05, 3.63) is 41.5 Å². The van der Waals surface area contributed by atoms with E-state index in [-0.39, 0.29) is 12.3 Å². The molecule has 1 aromatic carbocycles. The molecule has 0 saturated heterocycles. The third kappa shape index (κ3) is 3.98. The summed E-state index contributed by atoms with van der Waals surface area (Å²) in [6, 6.07) is 9.93. The molecule has 0 heterocycles. The Morgan fingerprint density at radius 2 is 2.00 bits per heavy atom. The first-order chi connectivity index (χ1) is 7.09. The average Bonchev–Trinajstić information content (AvgIpc) is 2.18. The summed E-state index contributed by atoms with van der Waals surface area (Å²) in [7, 11) is 0. The average molecular weight is 204 g/mol.